The summed E-state index contributed by atoms with van der Waals surface area (Å²) >= 11 is 0. The first-order valence-corrected chi connectivity index (χ1v) is 13.1. The first-order chi connectivity index (χ1) is 14.1. The van der Waals surface area contributed by atoms with Crippen molar-refractivity contribution in [2.75, 3.05) is 12.3 Å². The molecule has 3 rings (SSSR count). The van der Waals surface area contributed by atoms with Crippen LogP contribution in [0.5, 0.6) is 0 Å². The molecule has 0 heterocycles. The van der Waals surface area contributed by atoms with Crippen LogP contribution in [-0.2, 0) is 6.16 Å². The molecule has 1 N–H and O–H groups in total. The molecule has 1 aliphatic rings. The van der Waals surface area contributed by atoms with E-state index in [1.54, 1.807) is 0 Å². The van der Waals surface area contributed by atoms with Gasteiger partial charge in [-0.2, -0.15) is 0 Å². The number of benzene rings is 2. The number of hydrogen-bond donors (Lipinski definition) is 1. The SMILES string of the molecule is CCCCP(Cc1ccc(C(=O)O)c(-c2ccccc2C)c1)CC1CCCCC1. The zero-order chi connectivity index (χ0) is 20.6. The molecule has 0 spiro atoms. The van der Waals surface area contributed by atoms with E-state index in [1.165, 1.54) is 62.8 Å². The zero-order valence-corrected chi connectivity index (χ0v) is 18.9. The number of carboxylic acids is 1. The monoisotopic (exact) mass is 410 g/mol. The summed E-state index contributed by atoms with van der Waals surface area (Å²) in [6.45, 7) is 4.34. The van der Waals surface area contributed by atoms with Crippen LogP contribution in [0.15, 0.2) is 42.5 Å². The van der Waals surface area contributed by atoms with Gasteiger partial charge in [0.05, 0.1) is 5.56 Å². The van der Waals surface area contributed by atoms with E-state index in [-0.39, 0.29) is 7.92 Å². The summed E-state index contributed by atoms with van der Waals surface area (Å²) in [5.74, 6) is 0.0751. The van der Waals surface area contributed by atoms with Gasteiger partial charge in [0.2, 0.25) is 0 Å². The maximum atomic E-state index is 11.8. The van der Waals surface area contributed by atoms with Crippen LogP contribution in [0.1, 0.15) is 73.4 Å². The van der Waals surface area contributed by atoms with Crippen molar-refractivity contribution in [1.29, 1.82) is 0 Å². The quantitative estimate of drug-likeness (QED) is 0.430. The molecule has 1 unspecified atom stereocenters. The van der Waals surface area contributed by atoms with Gasteiger partial charge >= 0.3 is 5.97 Å². The molecule has 2 aromatic rings. The molecule has 0 bridgehead atoms. The van der Waals surface area contributed by atoms with Crippen molar-refractivity contribution >= 4 is 13.9 Å². The summed E-state index contributed by atoms with van der Waals surface area (Å²) < 4.78 is 0. The number of carboxylic acid groups (broad SMARTS) is 1. The minimum Gasteiger partial charge on any atom is -0.478 e. The summed E-state index contributed by atoms with van der Waals surface area (Å²) in [6, 6.07) is 14.2. The third-order valence-corrected chi connectivity index (χ3v) is 9.02. The molecule has 3 heteroatoms. The standard InChI is InChI=1S/C26H35O2P/c1-3-4-16-29(18-21-11-6-5-7-12-21)19-22-14-15-24(26(27)28)25(17-22)23-13-9-8-10-20(23)2/h8-10,13-15,17,21H,3-7,11-12,16,18-19H2,1-2H3,(H,27,28). The molecule has 0 aromatic heterocycles. The second-order valence-corrected chi connectivity index (χ2v) is 11.1. The average molecular weight is 411 g/mol. The van der Waals surface area contributed by atoms with Crippen LogP contribution in [0.3, 0.4) is 0 Å². The van der Waals surface area contributed by atoms with Crippen LogP contribution in [0.25, 0.3) is 11.1 Å². The minimum absolute atomic E-state index is 0.0270. The van der Waals surface area contributed by atoms with E-state index in [4.69, 9.17) is 0 Å². The zero-order valence-electron chi connectivity index (χ0n) is 18.0. The van der Waals surface area contributed by atoms with Gasteiger partial charge in [-0.25, -0.2) is 4.79 Å². The molecule has 156 valence electrons. The largest absolute Gasteiger partial charge is 0.478 e. The third-order valence-electron chi connectivity index (χ3n) is 6.22. The van der Waals surface area contributed by atoms with Gasteiger partial charge in [0.15, 0.2) is 0 Å². The van der Waals surface area contributed by atoms with Crippen molar-refractivity contribution in [3.8, 4) is 11.1 Å². The summed E-state index contributed by atoms with van der Waals surface area (Å²) in [7, 11) is -0.0270. The van der Waals surface area contributed by atoms with E-state index < -0.39 is 5.97 Å². The molecule has 1 fully saturated rings. The molecule has 29 heavy (non-hydrogen) atoms. The fourth-order valence-corrected chi connectivity index (χ4v) is 7.63. The topological polar surface area (TPSA) is 37.3 Å². The first kappa shape index (κ1) is 22.0. The Kier molecular flexibility index (Phi) is 8.30. The Balaban J connectivity index is 1.85. The molecule has 1 saturated carbocycles. The summed E-state index contributed by atoms with van der Waals surface area (Å²) in [5.41, 5.74) is 4.76. The van der Waals surface area contributed by atoms with Crippen LogP contribution in [0, 0.1) is 12.8 Å². The molecule has 0 radical (unpaired) electrons. The molecule has 1 atom stereocenters. The van der Waals surface area contributed by atoms with E-state index in [9.17, 15) is 9.90 Å². The molecule has 2 aromatic carbocycles. The highest BCUT2D eigenvalue weighted by Crippen LogP contribution is 2.46. The lowest BCUT2D eigenvalue weighted by Gasteiger charge is -2.27. The van der Waals surface area contributed by atoms with Crippen molar-refractivity contribution in [2.45, 2.75) is 65.0 Å². The van der Waals surface area contributed by atoms with E-state index in [0.717, 1.165) is 28.8 Å². The smallest absolute Gasteiger partial charge is 0.336 e. The lowest BCUT2D eigenvalue weighted by atomic mass is 9.91. The van der Waals surface area contributed by atoms with E-state index in [1.807, 2.05) is 24.3 Å². The second kappa shape index (κ2) is 10.9. The number of aromatic carboxylic acids is 1. The van der Waals surface area contributed by atoms with Gasteiger partial charge in [-0.1, -0.05) is 75.8 Å². The molecule has 0 saturated heterocycles. The van der Waals surface area contributed by atoms with Gasteiger partial charge in [-0.3, -0.25) is 0 Å². The van der Waals surface area contributed by atoms with Gasteiger partial charge in [0.25, 0.3) is 0 Å². The van der Waals surface area contributed by atoms with Crippen LogP contribution < -0.4 is 0 Å². The van der Waals surface area contributed by atoms with Gasteiger partial charge in [0, 0.05) is 0 Å². The number of rotatable bonds is 9. The Bertz CT molecular complexity index is 808. The highest BCUT2D eigenvalue weighted by atomic mass is 31.1. The Morgan fingerprint density at radius 3 is 2.52 bits per heavy atom. The highest BCUT2D eigenvalue weighted by Gasteiger charge is 2.20. The van der Waals surface area contributed by atoms with E-state index in [0.29, 0.717) is 5.56 Å². The predicted octanol–water partition coefficient (Wildman–Crippen LogP) is 7.72. The van der Waals surface area contributed by atoms with Gasteiger partial charge in [-0.15, -0.1) is 7.92 Å². The average Bonchev–Trinajstić information content (AvgIpc) is 2.73. The van der Waals surface area contributed by atoms with E-state index in [2.05, 4.69) is 32.0 Å². The van der Waals surface area contributed by atoms with Crippen molar-refractivity contribution in [2.24, 2.45) is 5.92 Å². The van der Waals surface area contributed by atoms with Crippen LogP contribution in [0.2, 0.25) is 0 Å². The second-order valence-electron chi connectivity index (χ2n) is 8.59. The number of carbonyl (C=O) groups is 1. The molecule has 1 aliphatic carbocycles. The predicted molar refractivity (Wildman–Crippen MR) is 125 cm³/mol. The molecular weight excluding hydrogens is 375 g/mol. The summed E-state index contributed by atoms with van der Waals surface area (Å²) in [6.07, 6.45) is 13.5. The lowest BCUT2D eigenvalue weighted by molar-refractivity contribution is 0.0697. The maximum Gasteiger partial charge on any atom is 0.336 e. The Morgan fingerprint density at radius 2 is 1.83 bits per heavy atom. The molecule has 0 amide bonds. The fourth-order valence-electron chi connectivity index (χ4n) is 4.58. The lowest BCUT2D eigenvalue weighted by Crippen LogP contribution is -2.11. The maximum absolute atomic E-state index is 11.8. The summed E-state index contributed by atoms with van der Waals surface area (Å²) in [4.78, 5) is 11.8. The van der Waals surface area contributed by atoms with Crippen LogP contribution in [0.4, 0.5) is 0 Å². The number of unbranched alkanes of at least 4 members (excludes halogenated alkanes) is 1. The number of aryl methyl sites for hydroxylation is 1. The first-order valence-electron chi connectivity index (χ1n) is 11.2. The fraction of sp³-hybridized carbons (Fsp3) is 0.500. The summed E-state index contributed by atoms with van der Waals surface area (Å²) in [5, 5.41) is 9.73. The Labute approximate surface area is 177 Å². The van der Waals surface area contributed by atoms with E-state index >= 15 is 0 Å². The van der Waals surface area contributed by atoms with Crippen molar-refractivity contribution in [3.63, 3.8) is 0 Å². The molecule has 0 aliphatic heterocycles. The molecule has 2 nitrogen and oxygen atoms in total. The van der Waals surface area contributed by atoms with Crippen LogP contribution >= 0.6 is 7.92 Å². The van der Waals surface area contributed by atoms with Gasteiger partial charge < -0.3 is 5.11 Å². The van der Waals surface area contributed by atoms with Gasteiger partial charge in [0.1, 0.15) is 0 Å². The van der Waals surface area contributed by atoms with Crippen molar-refractivity contribution in [1.82, 2.24) is 0 Å². The van der Waals surface area contributed by atoms with Crippen molar-refractivity contribution in [3.05, 3.63) is 59.2 Å². The Hall–Kier alpha value is -1.66. The third kappa shape index (κ3) is 6.16. The highest BCUT2D eigenvalue weighted by molar-refractivity contribution is 7.56. The van der Waals surface area contributed by atoms with Crippen molar-refractivity contribution < 1.29 is 9.90 Å². The molecular formula is C26H35O2P. The van der Waals surface area contributed by atoms with Crippen LogP contribution in [-0.4, -0.2) is 23.4 Å². The van der Waals surface area contributed by atoms with Gasteiger partial charge in [-0.05, 0) is 72.1 Å². The Morgan fingerprint density at radius 1 is 1.07 bits per heavy atom. The minimum atomic E-state index is -0.842. The number of hydrogen-bond acceptors (Lipinski definition) is 1. The normalized spacial score (nSPS) is 15.9.